The van der Waals surface area contributed by atoms with Gasteiger partial charge >= 0.3 is 0 Å². The van der Waals surface area contributed by atoms with Crippen LogP contribution in [0.4, 0.5) is 0 Å². The van der Waals surface area contributed by atoms with Crippen molar-refractivity contribution in [1.82, 2.24) is 0 Å². The summed E-state index contributed by atoms with van der Waals surface area (Å²) in [6.45, 7) is 2.27. The Labute approximate surface area is 97.4 Å². The first kappa shape index (κ1) is 11.0. The number of allylic oxidation sites excluding steroid dienone is 2. The van der Waals surface area contributed by atoms with Gasteiger partial charge in [0.25, 0.3) is 0 Å². The second-order valence-electron chi connectivity index (χ2n) is 4.47. The molecule has 1 unspecified atom stereocenters. The van der Waals surface area contributed by atoms with Crippen molar-refractivity contribution >= 4 is 5.57 Å². The molecule has 0 radical (unpaired) electrons. The van der Waals surface area contributed by atoms with Gasteiger partial charge in [-0.2, -0.15) is 5.26 Å². The van der Waals surface area contributed by atoms with E-state index in [1.165, 1.54) is 36.8 Å². The fraction of sp³-hybridized carbons (Fsp3) is 0.400. The van der Waals surface area contributed by atoms with Gasteiger partial charge in [-0.25, -0.2) is 0 Å². The van der Waals surface area contributed by atoms with Gasteiger partial charge < -0.3 is 0 Å². The van der Waals surface area contributed by atoms with Crippen molar-refractivity contribution in [3.8, 4) is 6.07 Å². The van der Waals surface area contributed by atoms with Crippen molar-refractivity contribution in [2.45, 2.75) is 32.6 Å². The van der Waals surface area contributed by atoms with Gasteiger partial charge in [0.1, 0.15) is 0 Å². The third-order valence-corrected chi connectivity index (χ3v) is 3.48. The first-order valence-corrected chi connectivity index (χ1v) is 6.03. The van der Waals surface area contributed by atoms with Crippen LogP contribution in [0, 0.1) is 17.2 Å². The fourth-order valence-corrected chi connectivity index (χ4v) is 2.28. The molecular formula is C15H17N. The molecule has 0 aliphatic heterocycles. The molecule has 0 spiro atoms. The molecule has 2 rings (SSSR count). The second kappa shape index (κ2) is 4.99. The van der Waals surface area contributed by atoms with Crippen LogP contribution < -0.4 is 0 Å². The molecular weight excluding hydrogens is 194 g/mol. The molecule has 0 amide bonds. The molecule has 1 nitrogen and oxygen atoms in total. The number of hydrogen-bond donors (Lipinski definition) is 0. The maximum absolute atomic E-state index is 8.74. The van der Waals surface area contributed by atoms with E-state index in [1.807, 2.05) is 12.1 Å². The fourth-order valence-electron chi connectivity index (χ4n) is 2.28. The first-order valence-electron chi connectivity index (χ1n) is 6.03. The van der Waals surface area contributed by atoms with Crippen LogP contribution in [0.3, 0.4) is 0 Å². The third kappa shape index (κ3) is 2.33. The highest BCUT2D eigenvalue weighted by molar-refractivity contribution is 5.66. The standard InChI is InChI=1S/C15H17N/c1-2-12-3-7-14(8-4-12)15-9-5-13(11-16)6-10-15/h5-7,9-10,12H,2-4,8H2,1H3. The third-order valence-electron chi connectivity index (χ3n) is 3.48. The highest BCUT2D eigenvalue weighted by atomic mass is 14.2. The summed E-state index contributed by atoms with van der Waals surface area (Å²) in [4.78, 5) is 0. The molecule has 1 aliphatic rings. The van der Waals surface area contributed by atoms with Crippen LogP contribution in [-0.4, -0.2) is 0 Å². The average Bonchev–Trinajstić information content (AvgIpc) is 2.39. The highest BCUT2D eigenvalue weighted by Gasteiger charge is 2.13. The molecule has 82 valence electrons. The van der Waals surface area contributed by atoms with E-state index < -0.39 is 0 Å². The minimum absolute atomic E-state index is 0.742. The summed E-state index contributed by atoms with van der Waals surface area (Å²) in [6, 6.07) is 10.1. The van der Waals surface area contributed by atoms with Crippen molar-refractivity contribution in [1.29, 1.82) is 5.26 Å². The van der Waals surface area contributed by atoms with Gasteiger partial charge in [0.15, 0.2) is 0 Å². The smallest absolute Gasteiger partial charge is 0.0991 e. The van der Waals surface area contributed by atoms with Crippen molar-refractivity contribution in [2.24, 2.45) is 5.92 Å². The van der Waals surface area contributed by atoms with Gasteiger partial charge in [-0.3, -0.25) is 0 Å². The zero-order valence-electron chi connectivity index (χ0n) is 9.74. The highest BCUT2D eigenvalue weighted by Crippen LogP contribution is 2.31. The van der Waals surface area contributed by atoms with Crippen molar-refractivity contribution in [3.05, 3.63) is 41.5 Å². The second-order valence-corrected chi connectivity index (χ2v) is 4.47. The van der Waals surface area contributed by atoms with Crippen molar-refractivity contribution < 1.29 is 0 Å². The molecule has 0 heterocycles. The number of rotatable bonds is 2. The molecule has 0 aromatic heterocycles. The molecule has 0 N–H and O–H groups in total. The van der Waals surface area contributed by atoms with Crippen LogP contribution in [0.5, 0.6) is 0 Å². The summed E-state index contributed by atoms with van der Waals surface area (Å²) < 4.78 is 0. The summed E-state index contributed by atoms with van der Waals surface area (Å²) >= 11 is 0. The largest absolute Gasteiger partial charge is 0.192 e. The Morgan fingerprint density at radius 1 is 1.31 bits per heavy atom. The molecule has 0 bridgehead atoms. The molecule has 1 atom stereocenters. The van der Waals surface area contributed by atoms with E-state index in [-0.39, 0.29) is 0 Å². The minimum atomic E-state index is 0.742. The van der Waals surface area contributed by atoms with Crippen LogP contribution in [0.1, 0.15) is 43.7 Å². The zero-order chi connectivity index (χ0) is 11.4. The van der Waals surface area contributed by atoms with E-state index in [9.17, 15) is 0 Å². The van der Waals surface area contributed by atoms with E-state index in [0.717, 1.165) is 11.5 Å². The molecule has 16 heavy (non-hydrogen) atoms. The molecule has 1 aromatic carbocycles. The van der Waals surface area contributed by atoms with E-state index in [4.69, 9.17) is 5.26 Å². The average molecular weight is 211 g/mol. The topological polar surface area (TPSA) is 23.8 Å². The van der Waals surface area contributed by atoms with Crippen molar-refractivity contribution in [2.75, 3.05) is 0 Å². The van der Waals surface area contributed by atoms with E-state index in [0.29, 0.717) is 0 Å². The van der Waals surface area contributed by atoms with Gasteiger partial charge in [-0.1, -0.05) is 31.6 Å². The maximum atomic E-state index is 8.74. The Morgan fingerprint density at radius 3 is 2.56 bits per heavy atom. The number of benzene rings is 1. The van der Waals surface area contributed by atoms with Crippen molar-refractivity contribution in [3.63, 3.8) is 0 Å². The molecule has 1 aliphatic carbocycles. The normalized spacial score (nSPS) is 20.0. The van der Waals surface area contributed by atoms with Crippen LogP contribution >= 0.6 is 0 Å². The van der Waals surface area contributed by atoms with E-state index >= 15 is 0 Å². The van der Waals surface area contributed by atoms with Crippen LogP contribution in [0.25, 0.3) is 5.57 Å². The van der Waals surface area contributed by atoms with Crippen LogP contribution in [0.2, 0.25) is 0 Å². The lowest BCUT2D eigenvalue weighted by atomic mass is 9.85. The molecule has 1 aromatic rings. The Bertz CT molecular complexity index is 420. The Kier molecular flexibility index (Phi) is 3.41. The summed E-state index contributed by atoms with van der Waals surface area (Å²) in [5, 5.41) is 8.74. The van der Waals surface area contributed by atoms with E-state index in [1.54, 1.807) is 0 Å². The molecule has 0 saturated carbocycles. The SMILES string of the molecule is CCC1CC=C(c2ccc(C#N)cc2)CC1. The predicted molar refractivity (Wildman–Crippen MR) is 66.8 cm³/mol. The Hall–Kier alpha value is -1.55. The first-order chi connectivity index (χ1) is 7.83. The monoisotopic (exact) mass is 211 g/mol. The van der Waals surface area contributed by atoms with Gasteiger partial charge in [0, 0.05) is 0 Å². The van der Waals surface area contributed by atoms with E-state index in [2.05, 4.69) is 31.2 Å². The zero-order valence-corrected chi connectivity index (χ0v) is 9.74. The quantitative estimate of drug-likeness (QED) is 0.720. The van der Waals surface area contributed by atoms with Crippen LogP contribution in [0.15, 0.2) is 30.3 Å². The molecule has 0 saturated heterocycles. The lowest BCUT2D eigenvalue weighted by Gasteiger charge is -2.20. The van der Waals surface area contributed by atoms with Crippen LogP contribution in [-0.2, 0) is 0 Å². The summed E-state index contributed by atoms with van der Waals surface area (Å²) in [5.74, 6) is 0.877. The van der Waals surface area contributed by atoms with Gasteiger partial charge in [0.2, 0.25) is 0 Å². The Balaban J connectivity index is 2.13. The molecule has 0 fully saturated rings. The number of nitriles is 1. The lowest BCUT2D eigenvalue weighted by molar-refractivity contribution is 0.471. The summed E-state index contributed by atoms with van der Waals surface area (Å²) in [5.41, 5.74) is 3.48. The predicted octanol–water partition coefficient (Wildman–Crippen LogP) is 4.15. The van der Waals surface area contributed by atoms with Gasteiger partial charge in [-0.05, 0) is 48.4 Å². The molecule has 1 heteroatoms. The van der Waals surface area contributed by atoms with Gasteiger partial charge in [0.05, 0.1) is 11.6 Å². The maximum Gasteiger partial charge on any atom is 0.0991 e. The lowest BCUT2D eigenvalue weighted by Crippen LogP contribution is -2.03. The Morgan fingerprint density at radius 2 is 2.06 bits per heavy atom. The summed E-state index contributed by atoms with van der Waals surface area (Å²) in [6.07, 6.45) is 7.37. The minimum Gasteiger partial charge on any atom is -0.192 e. The van der Waals surface area contributed by atoms with Gasteiger partial charge in [-0.15, -0.1) is 0 Å². The number of nitrogens with zero attached hydrogens (tertiary/aromatic N) is 1. The summed E-state index contributed by atoms with van der Waals surface area (Å²) in [7, 11) is 0. The number of hydrogen-bond acceptors (Lipinski definition) is 1.